The molecule has 2 aromatic rings. The Morgan fingerprint density at radius 1 is 0.867 bits per heavy atom. The molecule has 1 radical (unpaired) electrons. The van der Waals surface area contributed by atoms with Gasteiger partial charge in [0, 0.05) is 0 Å². The Labute approximate surface area is 90.9 Å². The fourth-order valence-electron chi connectivity index (χ4n) is 1.45. The van der Waals surface area contributed by atoms with Gasteiger partial charge in [-0.25, -0.2) is 0 Å². The van der Waals surface area contributed by atoms with Gasteiger partial charge in [-0.1, -0.05) is 60.7 Å². The molecule has 0 aromatic heterocycles. The second kappa shape index (κ2) is 4.61. The maximum absolute atomic E-state index is 3.29. The molecule has 0 fully saturated rings. The first kappa shape index (κ1) is 9.72. The summed E-state index contributed by atoms with van der Waals surface area (Å²) in [5.74, 6) is 0. The van der Waals surface area contributed by atoms with E-state index >= 15 is 0 Å². The van der Waals surface area contributed by atoms with Crippen molar-refractivity contribution in [1.82, 2.24) is 0 Å². The Morgan fingerprint density at radius 2 is 1.67 bits per heavy atom. The van der Waals surface area contributed by atoms with E-state index < -0.39 is 0 Å². The summed E-state index contributed by atoms with van der Waals surface area (Å²) in [6.07, 6.45) is 4.19. The Bertz CT molecular complexity index is 452. The van der Waals surface area contributed by atoms with Crippen LogP contribution in [0.5, 0.6) is 0 Å². The average molecular weight is 193 g/mol. The summed E-state index contributed by atoms with van der Waals surface area (Å²) >= 11 is 0. The normalized spacial score (nSPS) is 10.7. The van der Waals surface area contributed by atoms with Crippen molar-refractivity contribution in [3.63, 3.8) is 0 Å². The molecule has 15 heavy (non-hydrogen) atoms. The van der Waals surface area contributed by atoms with Gasteiger partial charge < -0.3 is 0 Å². The standard InChI is InChI=1S/C15H13/c1-13-6-5-9-15(12-13)11-10-14-7-3-2-4-8-14/h2-11H,1H3/b11-10+. The molecule has 0 heterocycles. The number of aryl methyl sites for hydroxylation is 1. The summed E-state index contributed by atoms with van der Waals surface area (Å²) in [5, 5.41) is 0. The van der Waals surface area contributed by atoms with Crippen molar-refractivity contribution < 1.29 is 0 Å². The predicted octanol–water partition coefficient (Wildman–Crippen LogP) is 3.97. The predicted molar refractivity (Wildman–Crippen MR) is 65.4 cm³/mol. The van der Waals surface area contributed by atoms with Gasteiger partial charge in [0.2, 0.25) is 0 Å². The molecule has 0 bridgehead atoms. The monoisotopic (exact) mass is 193 g/mol. The SMILES string of the molecule is Cc1[c]c(/C=C/c2ccccc2)ccc1. The largest absolute Gasteiger partial charge is 0.0622 e. The molecule has 0 amide bonds. The topological polar surface area (TPSA) is 0 Å². The summed E-state index contributed by atoms with van der Waals surface area (Å²) in [7, 11) is 0. The Hall–Kier alpha value is -1.82. The number of benzene rings is 2. The first-order valence-corrected chi connectivity index (χ1v) is 5.07. The molecule has 0 saturated heterocycles. The van der Waals surface area contributed by atoms with Gasteiger partial charge in [-0.2, -0.15) is 0 Å². The van der Waals surface area contributed by atoms with E-state index in [1.807, 2.05) is 18.2 Å². The van der Waals surface area contributed by atoms with Gasteiger partial charge in [0.25, 0.3) is 0 Å². The van der Waals surface area contributed by atoms with Crippen LogP contribution in [0.3, 0.4) is 0 Å². The highest BCUT2D eigenvalue weighted by atomic mass is 13.9. The Balaban J connectivity index is 2.19. The van der Waals surface area contributed by atoms with Gasteiger partial charge in [0.15, 0.2) is 0 Å². The highest BCUT2D eigenvalue weighted by Crippen LogP contribution is 2.08. The van der Waals surface area contributed by atoms with Crippen LogP contribution >= 0.6 is 0 Å². The zero-order chi connectivity index (χ0) is 10.5. The number of rotatable bonds is 2. The molecular formula is C15H13. The third-order valence-electron chi connectivity index (χ3n) is 2.22. The van der Waals surface area contributed by atoms with E-state index in [-0.39, 0.29) is 0 Å². The minimum atomic E-state index is 1.12. The van der Waals surface area contributed by atoms with Crippen LogP contribution in [0.4, 0.5) is 0 Å². The van der Waals surface area contributed by atoms with E-state index in [0.717, 1.165) is 5.56 Å². The third-order valence-corrected chi connectivity index (χ3v) is 2.22. The second-order valence-electron chi connectivity index (χ2n) is 3.53. The minimum Gasteiger partial charge on any atom is -0.0622 e. The minimum absolute atomic E-state index is 1.12. The quantitative estimate of drug-likeness (QED) is 0.633. The lowest BCUT2D eigenvalue weighted by molar-refractivity contribution is 1.45. The van der Waals surface area contributed by atoms with Gasteiger partial charge in [0.05, 0.1) is 0 Å². The molecule has 0 aliphatic heterocycles. The van der Waals surface area contributed by atoms with Crippen molar-refractivity contribution in [2.45, 2.75) is 6.92 Å². The first-order valence-electron chi connectivity index (χ1n) is 5.07. The van der Waals surface area contributed by atoms with Crippen molar-refractivity contribution in [2.75, 3.05) is 0 Å². The summed E-state index contributed by atoms with van der Waals surface area (Å²) < 4.78 is 0. The fourth-order valence-corrected chi connectivity index (χ4v) is 1.45. The molecule has 0 atom stereocenters. The maximum Gasteiger partial charge on any atom is -0.00735 e. The van der Waals surface area contributed by atoms with Crippen LogP contribution < -0.4 is 0 Å². The highest BCUT2D eigenvalue weighted by Gasteiger charge is 1.88. The van der Waals surface area contributed by atoms with Crippen molar-refractivity contribution >= 4 is 12.2 Å². The van der Waals surface area contributed by atoms with Crippen molar-refractivity contribution in [3.8, 4) is 0 Å². The van der Waals surface area contributed by atoms with Gasteiger partial charge >= 0.3 is 0 Å². The van der Waals surface area contributed by atoms with Gasteiger partial charge in [-0.15, -0.1) is 0 Å². The van der Waals surface area contributed by atoms with Gasteiger partial charge in [-0.3, -0.25) is 0 Å². The van der Waals surface area contributed by atoms with Gasteiger partial charge in [-0.05, 0) is 29.7 Å². The van der Waals surface area contributed by atoms with E-state index in [4.69, 9.17) is 0 Å². The lowest BCUT2D eigenvalue weighted by Crippen LogP contribution is -1.75. The molecule has 0 unspecified atom stereocenters. The van der Waals surface area contributed by atoms with Gasteiger partial charge in [0.1, 0.15) is 0 Å². The molecule has 73 valence electrons. The van der Waals surface area contributed by atoms with Crippen LogP contribution in [-0.4, -0.2) is 0 Å². The lowest BCUT2D eigenvalue weighted by Gasteiger charge is -1.95. The Morgan fingerprint density at radius 3 is 2.40 bits per heavy atom. The fraction of sp³-hybridized carbons (Fsp3) is 0.0667. The maximum atomic E-state index is 3.29. The first-order chi connectivity index (χ1) is 7.34. The smallest absolute Gasteiger partial charge is 0.00735 e. The zero-order valence-electron chi connectivity index (χ0n) is 8.77. The summed E-state index contributed by atoms with van der Waals surface area (Å²) in [6.45, 7) is 2.06. The number of hydrogen-bond donors (Lipinski definition) is 0. The van der Waals surface area contributed by atoms with E-state index in [1.54, 1.807) is 0 Å². The molecule has 2 rings (SSSR count). The molecule has 2 aromatic carbocycles. The van der Waals surface area contributed by atoms with Crippen molar-refractivity contribution in [3.05, 3.63) is 71.3 Å². The van der Waals surface area contributed by atoms with E-state index in [2.05, 4.69) is 55.5 Å². The van der Waals surface area contributed by atoms with E-state index in [1.165, 1.54) is 11.1 Å². The zero-order valence-corrected chi connectivity index (χ0v) is 8.77. The third kappa shape index (κ3) is 2.81. The molecule has 0 N–H and O–H groups in total. The second-order valence-corrected chi connectivity index (χ2v) is 3.53. The highest BCUT2D eigenvalue weighted by molar-refractivity contribution is 5.69. The molecule has 0 aliphatic carbocycles. The lowest BCUT2D eigenvalue weighted by atomic mass is 10.1. The van der Waals surface area contributed by atoms with Crippen molar-refractivity contribution in [2.24, 2.45) is 0 Å². The molecule has 0 saturated carbocycles. The summed E-state index contributed by atoms with van der Waals surface area (Å²) in [5.41, 5.74) is 3.51. The molecule has 0 spiro atoms. The molecular weight excluding hydrogens is 180 g/mol. The van der Waals surface area contributed by atoms with Crippen molar-refractivity contribution in [1.29, 1.82) is 0 Å². The van der Waals surface area contributed by atoms with Crippen LogP contribution in [0, 0.1) is 13.0 Å². The summed E-state index contributed by atoms with van der Waals surface area (Å²) in [6, 6.07) is 19.7. The number of hydrogen-bond acceptors (Lipinski definition) is 0. The molecule has 0 aliphatic rings. The van der Waals surface area contributed by atoms with Crippen LogP contribution in [0.15, 0.2) is 48.5 Å². The summed E-state index contributed by atoms with van der Waals surface area (Å²) in [4.78, 5) is 0. The Kier molecular flexibility index (Phi) is 2.99. The van der Waals surface area contributed by atoms with Crippen LogP contribution in [-0.2, 0) is 0 Å². The van der Waals surface area contributed by atoms with E-state index in [9.17, 15) is 0 Å². The van der Waals surface area contributed by atoms with Crippen LogP contribution in [0.1, 0.15) is 16.7 Å². The van der Waals surface area contributed by atoms with Crippen LogP contribution in [0.25, 0.3) is 12.2 Å². The molecule has 0 heteroatoms. The van der Waals surface area contributed by atoms with Crippen LogP contribution in [0.2, 0.25) is 0 Å². The molecule has 0 nitrogen and oxygen atoms in total. The van der Waals surface area contributed by atoms with E-state index in [0.29, 0.717) is 0 Å². The average Bonchev–Trinajstić information content (AvgIpc) is 2.28.